The lowest BCUT2D eigenvalue weighted by Gasteiger charge is -2.21. The van der Waals surface area contributed by atoms with Crippen LogP contribution in [0, 0.1) is 0 Å². The lowest BCUT2D eigenvalue weighted by atomic mass is 10.3. The van der Waals surface area contributed by atoms with Crippen LogP contribution in [0.4, 0.5) is 0 Å². The molecule has 0 fully saturated rings. The molecule has 0 bridgehead atoms. The molecule has 0 aromatic carbocycles. The Morgan fingerprint density at radius 3 is 2.76 bits per heavy atom. The quantitative estimate of drug-likeness (QED) is 0.374. The molecule has 0 aliphatic carbocycles. The second-order valence-corrected chi connectivity index (χ2v) is 7.33. The van der Waals surface area contributed by atoms with E-state index in [4.69, 9.17) is 0 Å². The van der Waals surface area contributed by atoms with Gasteiger partial charge in [-0.3, -0.25) is 4.99 Å². The van der Waals surface area contributed by atoms with Crippen LogP contribution in [-0.4, -0.2) is 31.5 Å². The number of nitrogens with zero attached hydrogens (tertiary/aromatic N) is 2. The first-order valence-electron chi connectivity index (χ1n) is 6.36. The predicted octanol–water partition coefficient (Wildman–Crippen LogP) is 4.44. The van der Waals surface area contributed by atoms with Crippen molar-refractivity contribution in [3.8, 4) is 0 Å². The fourth-order valence-electron chi connectivity index (χ4n) is 1.84. The van der Waals surface area contributed by atoms with E-state index in [9.17, 15) is 0 Å². The van der Waals surface area contributed by atoms with E-state index < -0.39 is 0 Å². The maximum Gasteiger partial charge on any atom is 0.193 e. The molecule has 0 saturated carbocycles. The summed E-state index contributed by atoms with van der Waals surface area (Å²) in [6.07, 6.45) is 1.05. The van der Waals surface area contributed by atoms with Crippen molar-refractivity contribution in [3.05, 3.63) is 43.2 Å². The number of aliphatic imine (C=N–C) groups is 1. The first-order valence-corrected chi connectivity index (χ1v) is 8.91. The molecule has 0 radical (unpaired) electrons. The first-order chi connectivity index (χ1) is 9.69. The topological polar surface area (TPSA) is 27.6 Å². The molecular weight excluding hydrogens is 481 g/mol. The van der Waals surface area contributed by atoms with Gasteiger partial charge in [0.1, 0.15) is 0 Å². The largest absolute Gasteiger partial charge is 0.351 e. The third-order valence-corrected chi connectivity index (χ3v) is 5.52. The van der Waals surface area contributed by atoms with Crippen molar-refractivity contribution in [2.24, 2.45) is 4.99 Å². The molecule has 0 unspecified atom stereocenters. The molecule has 2 rings (SSSR count). The normalized spacial score (nSPS) is 11.1. The smallest absolute Gasteiger partial charge is 0.193 e. The van der Waals surface area contributed by atoms with Gasteiger partial charge in [-0.05, 0) is 39.9 Å². The Morgan fingerprint density at radius 2 is 2.19 bits per heavy atom. The second-order valence-electron chi connectivity index (χ2n) is 4.38. The first kappa shape index (κ1) is 18.9. The summed E-state index contributed by atoms with van der Waals surface area (Å²) < 4.78 is 1.14. The standard InChI is InChI=1S/C14H18BrN3S2.HI/c1-16-14(17-9-13-8-11(15)10-20-13)18(2)6-5-12-4-3-7-19-12;/h3-4,7-8,10H,5-6,9H2,1-2H3,(H,16,17);1H. The molecule has 0 spiro atoms. The highest BCUT2D eigenvalue weighted by Crippen LogP contribution is 2.19. The zero-order valence-electron chi connectivity index (χ0n) is 12.0. The van der Waals surface area contributed by atoms with Crippen LogP contribution in [0.5, 0.6) is 0 Å². The minimum absolute atomic E-state index is 0. The van der Waals surface area contributed by atoms with Gasteiger partial charge in [-0.1, -0.05) is 6.07 Å². The summed E-state index contributed by atoms with van der Waals surface area (Å²) in [5.74, 6) is 0.936. The third-order valence-electron chi connectivity index (χ3n) is 2.89. The van der Waals surface area contributed by atoms with Crippen LogP contribution in [0.1, 0.15) is 9.75 Å². The van der Waals surface area contributed by atoms with Crippen molar-refractivity contribution in [2.45, 2.75) is 13.0 Å². The Bertz CT molecular complexity index is 554. The lowest BCUT2D eigenvalue weighted by molar-refractivity contribution is 0.487. The minimum Gasteiger partial charge on any atom is -0.351 e. The Balaban J connectivity index is 0.00000220. The number of rotatable bonds is 5. The van der Waals surface area contributed by atoms with Crippen LogP contribution in [-0.2, 0) is 13.0 Å². The summed E-state index contributed by atoms with van der Waals surface area (Å²) in [6.45, 7) is 1.78. The van der Waals surface area contributed by atoms with Gasteiger partial charge in [-0.25, -0.2) is 0 Å². The predicted molar refractivity (Wildman–Crippen MR) is 108 cm³/mol. The zero-order chi connectivity index (χ0) is 14.4. The molecule has 3 nitrogen and oxygen atoms in total. The summed E-state index contributed by atoms with van der Waals surface area (Å²) in [4.78, 5) is 9.21. The number of guanidine groups is 1. The SMILES string of the molecule is CN=C(NCc1cc(Br)cs1)N(C)CCc1cccs1.I. The van der Waals surface area contributed by atoms with Crippen LogP contribution < -0.4 is 5.32 Å². The van der Waals surface area contributed by atoms with Gasteiger partial charge in [-0.2, -0.15) is 0 Å². The van der Waals surface area contributed by atoms with E-state index in [1.807, 2.05) is 7.05 Å². The van der Waals surface area contributed by atoms with E-state index in [1.54, 1.807) is 22.7 Å². The monoisotopic (exact) mass is 499 g/mol. The Labute approximate surface area is 159 Å². The molecule has 2 aromatic heterocycles. The molecule has 0 atom stereocenters. The number of hydrogen-bond acceptors (Lipinski definition) is 3. The van der Waals surface area contributed by atoms with Crippen molar-refractivity contribution in [2.75, 3.05) is 20.6 Å². The van der Waals surface area contributed by atoms with Gasteiger partial charge in [0.25, 0.3) is 0 Å². The molecule has 2 heterocycles. The van der Waals surface area contributed by atoms with E-state index in [2.05, 4.69) is 67.1 Å². The van der Waals surface area contributed by atoms with Crippen molar-refractivity contribution in [1.29, 1.82) is 0 Å². The Morgan fingerprint density at radius 1 is 1.38 bits per heavy atom. The summed E-state index contributed by atoms with van der Waals surface area (Å²) in [6, 6.07) is 6.41. The van der Waals surface area contributed by atoms with Gasteiger partial charge in [0.15, 0.2) is 5.96 Å². The summed E-state index contributed by atoms with van der Waals surface area (Å²) in [7, 11) is 3.90. The fraction of sp³-hybridized carbons (Fsp3) is 0.357. The molecule has 0 aliphatic rings. The fourth-order valence-corrected chi connectivity index (χ4v) is 3.92. The number of halogens is 2. The van der Waals surface area contributed by atoms with E-state index >= 15 is 0 Å². The van der Waals surface area contributed by atoms with Crippen molar-refractivity contribution >= 4 is 68.5 Å². The van der Waals surface area contributed by atoms with Crippen LogP contribution in [0.2, 0.25) is 0 Å². The molecule has 0 amide bonds. The summed E-state index contributed by atoms with van der Waals surface area (Å²) in [5, 5.41) is 7.62. The maximum absolute atomic E-state index is 4.34. The third kappa shape index (κ3) is 6.25. The minimum atomic E-state index is 0. The highest BCUT2D eigenvalue weighted by Gasteiger charge is 2.07. The highest BCUT2D eigenvalue weighted by atomic mass is 127. The van der Waals surface area contributed by atoms with E-state index in [-0.39, 0.29) is 24.0 Å². The molecular formula is C14H19BrIN3S2. The Hall–Kier alpha value is -0.120. The number of likely N-dealkylation sites (N-methyl/N-ethyl adjacent to an activating group) is 1. The van der Waals surface area contributed by atoms with Gasteiger partial charge in [0.05, 0.1) is 6.54 Å². The number of thiophene rings is 2. The second kappa shape index (κ2) is 9.81. The summed E-state index contributed by atoms with van der Waals surface area (Å²) in [5.41, 5.74) is 0. The highest BCUT2D eigenvalue weighted by molar-refractivity contribution is 14.0. The van der Waals surface area contributed by atoms with Crippen LogP contribution in [0.25, 0.3) is 0 Å². The van der Waals surface area contributed by atoms with Crippen LogP contribution in [0.3, 0.4) is 0 Å². The van der Waals surface area contributed by atoms with Crippen molar-refractivity contribution in [1.82, 2.24) is 10.2 Å². The molecule has 0 saturated heterocycles. The zero-order valence-corrected chi connectivity index (χ0v) is 17.6. The molecule has 0 aliphatic heterocycles. The van der Waals surface area contributed by atoms with Crippen molar-refractivity contribution < 1.29 is 0 Å². The summed E-state index contributed by atoms with van der Waals surface area (Å²) >= 11 is 7.03. The number of nitrogens with one attached hydrogen (secondary N) is 1. The van der Waals surface area contributed by atoms with E-state index in [0.717, 1.165) is 29.9 Å². The maximum atomic E-state index is 4.34. The van der Waals surface area contributed by atoms with Crippen molar-refractivity contribution in [3.63, 3.8) is 0 Å². The number of hydrogen-bond donors (Lipinski definition) is 1. The Kier molecular flexibility index (Phi) is 8.84. The molecule has 2 aromatic rings. The van der Waals surface area contributed by atoms with Gasteiger partial charge in [-0.15, -0.1) is 46.7 Å². The van der Waals surface area contributed by atoms with E-state index in [0.29, 0.717) is 0 Å². The van der Waals surface area contributed by atoms with E-state index in [1.165, 1.54) is 9.75 Å². The van der Waals surface area contributed by atoms with Gasteiger partial charge in [0, 0.05) is 40.2 Å². The van der Waals surface area contributed by atoms with Gasteiger partial charge >= 0.3 is 0 Å². The van der Waals surface area contributed by atoms with Crippen LogP contribution >= 0.6 is 62.6 Å². The molecule has 116 valence electrons. The van der Waals surface area contributed by atoms with Crippen LogP contribution in [0.15, 0.2) is 38.4 Å². The molecule has 1 N–H and O–H groups in total. The average Bonchev–Trinajstić information content (AvgIpc) is 3.08. The van der Waals surface area contributed by atoms with Gasteiger partial charge < -0.3 is 10.2 Å². The lowest BCUT2D eigenvalue weighted by Crippen LogP contribution is -2.39. The molecule has 21 heavy (non-hydrogen) atoms. The van der Waals surface area contributed by atoms with Gasteiger partial charge in [0.2, 0.25) is 0 Å². The average molecular weight is 500 g/mol. The molecule has 7 heteroatoms.